The molecule has 1 heterocycles. The Kier molecular flexibility index (Phi) is 4.32. The number of ether oxygens (including phenoxy) is 1. The van der Waals surface area contributed by atoms with Crippen LogP contribution < -0.4 is 0 Å². The first-order chi connectivity index (χ1) is 9.54. The Bertz CT molecular complexity index is 668. The van der Waals surface area contributed by atoms with Crippen LogP contribution in [0, 0.1) is 3.57 Å². The molecule has 0 unspecified atom stereocenters. The van der Waals surface area contributed by atoms with Gasteiger partial charge in [-0.3, -0.25) is 0 Å². The molecule has 0 aliphatic heterocycles. The van der Waals surface area contributed by atoms with E-state index in [2.05, 4.69) is 15.4 Å². The molecule has 0 saturated carbocycles. The maximum atomic E-state index is 11.8. The molecule has 2 N–H and O–H groups in total. The number of H-pyrrole nitrogens is 1. The molecule has 104 valence electrons. The fourth-order valence-corrected chi connectivity index (χ4v) is 2.15. The van der Waals surface area contributed by atoms with E-state index in [0.29, 0.717) is 5.56 Å². The van der Waals surface area contributed by atoms with Gasteiger partial charge in [0.25, 0.3) is 0 Å². The van der Waals surface area contributed by atoms with Crippen molar-refractivity contribution in [1.29, 1.82) is 0 Å². The van der Waals surface area contributed by atoms with Crippen molar-refractivity contribution in [3.8, 4) is 11.3 Å². The molecule has 0 aliphatic carbocycles. The van der Waals surface area contributed by atoms with Crippen LogP contribution in [0.25, 0.3) is 11.3 Å². The topological polar surface area (TPSA) is 105 Å². The van der Waals surface area contributed by atoms with Crippen LogP contribution in [-0.4, -0.2) is 39.1 Å². The number of benzene rings is 1. The molecule has 0 amide bonds. The lowest BCUT2D eigenvalue weighted by atomic mass is 10.0. The van der Waals surface area contributed by atoms with E-state index in [1.807, 2.05) is 22.6 Å². The van der Waals surface area contributed by atoms with Gasteiger partial charge in [-0.2, -0.15) is 10.3 Å². The Morgan fingerprint density at radius 1 is 1.40 bits per heavy atom. The highest BCUT2D eigenvalue weighted by Crippen LogP contribution is 2.26. The van der Waals surface area contributed by atoms with Gasteiger partial charge in [0.05, 0.1) is 12.2 Å². The molecule has 2 rings (SSSR count). The summed E-state index contributed by atoms with van der Waals surface area (Å²) >= 11 is 2.01. The van der Waals surface area contributed by atoms with E-state index in [-0.39, 0.29) is 23.6 Å². The molecule has 0 aliphatic rings. The summed E-state index contributed by atoms with van der Waals surface area (Å²) in [5.74, 6) is -1.75. The Morgan fingerprint density at radius 2 is 2.15 bits per heavy atom. The predicted molar refractivity (Wildman–Crippen MR) is 77.5 cm³/mol. The smallest absolute Gasteiger partial charge is 0.361 e. The second-order valence-corrected chi connectivity index (χ2v) is 4.98. The number of carbonyl (C=O) groups excluding carboxylic acids is 1. The average molecular weight is 387 g/mol. The summed E-state index contributed by atoms with van der Waals surface area (Å²) < 4.78 is 5.63. The largest absolute Gasteiger partial charge is 0.478 e. The molecule has 7 nitrogen and oxygen atoms in total. The molecule has 0 bridgehead atoms. The first-order valence-electron chi connectivity index (χ1n) is 5.65. The third-order valence-electron chi connectivity index (χ3n) is 2.48. The summed E-state index contributed by atoms with van der Waals surface area (Å²) in [5, 5.41) is 19.2. The average Bonchev–Trinajstić information content (AvgIpc) is 2.88. The number of nitrogens with one attached hydrogen (secondary N) is 1. The van der Waals surface area contributed by atoms with Gasteiger partial charge in [-0.15, -0.1) is 5.10 Å². The Balaban J connectivity index is 2.55. The zero-order valence-electron chi connectivity index (χ0n) is 10.4. The van der Waals surface area contributed by atoms with E-state index >= 15 is 0 Å². The van der Waals surface area contributed by atoms with Crippen LogP contribution in [0.15, 0.2) is 18.2 Å². The van der Waals surface area contributed by atoms with Crippen molar-refractivity contribution in [2.24, 2.45) is 0 Å². The minimum absolute atomic E-state index is 0.0319. The van der Waals surface area contributed by atoms with E-state index in [9.17, 15) is 14.7 Å². The number of halogens is 1. The van der Waals surface area contributed by atoms with Crippen molar-refractivity contribution in [1.82, 2.24) is 15.4 Å². The van der Waals surface area contributed by atoms with Gasteiger partial charge in [0.1, 0.15) is 5.69 Å². The van der Waals surface area contributed by atoms with E-state index in [0.717, 1.165) is 3.57 Å². The standard InChI is InChI=1S/C12H10IN3O4/c1-2-20-12(19)10-9(14-16-15-10)7-4-3-6(13)5-8(7)11(17)18/h3-5H,2H2,1H3,(H,17,18)(H,14,15,16). The first-order valence-corrected chi connectivity index (χ1v) is 6.73. The van der Waals surface area contributed by atoms with Crippen LogP contribution in [0.2, 0.25) is 0 Å². The molecule has 1 aromatic carbocycles. The Morgan fingerprint density at radius 3 is 2.80 bits per heavy atom. The number of carboxylic acid groups (broad SMARTS) is 1. The van der Waals surface area contributed by atoms with Crippen LogP contribution in [0.4, 0.5) is 0 Å². The summed E-state index contributed by atoms with van der Waals surface area (Å²) in [7, 11) is 0. The highest BCUT2D eigenvalue weighted by atomic mass is 127. The number of hydrogen-bond donors (Lipinski definition) is 2. The summed E-state index contributed by atoms with van der Waals surface area (Å²) in [5.41, 5.74) is 0.499. The van der Waals surface area contributed by atoms with Crippen molar-refractivity contribution in [2.45, 2.75) is 6.92 Å². The zero-order valence-corrected chi connectivity index (χ0v) is 12.5. The second kappa shape index (κ2) is 5.99. The molecule has 0 radical (unpaired) electrons. The van der Waals surface area contributed by atoms with Crippen LogP contribution in [0.5, 0.6) is 0 Å². The zero-order chi connectivity index (χ0) is 14.7. The van der Waals surface area contributed by atoms with Gasteiger partial charge in [0.15, 0.2) is 5.69 Å². The second-order valence-electron chi connectivity index (χ2n) is 3.74. The van der Waals surface area contributed by atoms with Crippen LogP contribution in [0.3, 0.4) is 0 Å². The molecular weight excluding hydrogens is 377 g/mol. The molecule has 20 heavy (non-hydrogen) atoms. The summed E-state index contributed by atoms with van der Waals surface area (Å²) in [6.07, 6.45) is 0. The molecule has 8 heteroatoms. The van der Waals surface area contributed by atoms with Gasteiger partial charge in [-0.25, -0.2) is 9.59 Å². The van der Waals surface area contributed by atoms with Crippen LogP contribution >= 0.6 is 22.6 Å². The van der Waals surface area contributed by atoms with Gasteiger partial charge < -0.3 is 9.84 Å². The van der Waals surface area contributed by atoms with E-state index in [1.165, 1.54) is 6.07 Å². The molecule has 0 saturated heterocycles. The first kappa shape index (κ1) is 14.4. The minimum atomic E-state index is -1.10. The number of hydrogen-bond acceptors (Lipinski definition) is 5. The number of nitrogens with zero attached hydrogens (tertiary/aromatic N) is 2. The molecule has 2 aromatic rings. The van der Waals surface area contributed by atoms with Gasteiger partial charge in [0.2, 0.25) is 0 Å². The fourth-order valence-electron chi connectivity index (χ4n) is 1.66. The van der Waals surface area contributed by atoms with Crippen molar-refractivity contribution >= 4 is 34.5 Å². The number of aromatic nitrogens is 3. The Hall–Kier alpha value is -1.97. The number of carbonyl (C=O) groups is 2. The fraction of sp³-hybridized carbons (Fsp3) is 0.167. The number of rotatable bonds is 4. The number of esters is 1. The van der Waals surface area contributed by atoms with E-state index < -0.39 is 11.9 Å². The number of aromatic carboxylic acids is 1. The van der Waals surface area contributed by atoms with Crippen molar-refractivity contribution < 1.29 is 19.4 Å². The van der Waals surface area contributed by atoms with Crippen LogP contribution in [0.1, 0.15) is 27.8 Å². The summed E-state index contributed by atoms with van der Waals surface area (Å²) in [6.45, 7) is 1.87. The monoisotopic (exact) mass is 387 g/mol. The highest BCUT2D eigenvalue weighted by molar-refractivity contribution is 14.1. The van der Waals surface area contributed by atoms with E-state index in [1.54, 1.807) is 19.1 Å². The molecular formula is C12H10IN3O4. The highest BCUT2D eigenvalue weighted by Gasteiger charge is 2.23. The lowest BCUT2D eigenvalue weighted by Gasteiger charge is -2.05. The van der Waals surface area contributed by atoms with Crippen molar-refractivity contribution in [3.05, 3.63) is 33.0 Å². The van der Waals surface area contributed by atoms with Crippen molar-refractivity contribution in [2.75, 3.05) is 6.61 Å². The molecule has 1 aromatic heterocycles. The van der Waals surface area contributed by atoms with Crippen LogP contribution in [-0.2, 0) is 4.74 Å². The minimum Gasteiger partial charge on any atom is -0.478 e. The lowest BCUT2D eigenvalue weighted by molar-refractivity contribution is 0.0519. The van der Waals surface area contributed by atoms with Gasteiger partial charge >= 0.3 is 11.9 Å². The third kappa shape index (κ3) is 2.79. The Labute approximate surface area is 127 Å². The number of aromatic amines is 1. The predicted octanol–water partition coefficient (Wildman–Crippen LogP) is 1.95. The van der Waals surface area contributed by atoms with Gasteiger partial charge in [0, 0.05) is 9.13 Å². The lowest BCUT2D eigenvalue weighted by Crippen LogP contribution is -2.08. The SMILES string of the molecule is CCOC(=O)c1n[nH]nc1-c1ccc(I)cc1C(=O)O. The normalized spacial score (nSPS) is 10.3. The quantitative estimate of drug-likeness (QED) is 0.614. The third-order valence-corrected chi connectivity index (χ3v) is 3.15. The molecule has 0 atom stereocenters. The van der Waals surface area contributed by atoms with Gasteiger partial charge in [-0.1, -0.05) is 6.07 Å². The maximum absolute atomic E-state index is 11.8. The molecule has 0 spiro atoms. The maximum Gasteiger partial charge on any atom is 0.361 e. The summed E-state index contributed by atoms with van der Waals surface area (Å²) in [4.78, 5) is 23.1. The number of carboxylic acids is 1. The van der Waals surface area contributed by atoms with E-state index in [4.69, 9.17) is 4.74 Å². The molecule has 0 fully saturated rings. The summed E-state index contributed by atoms with van der Waals surface area (Å²) in [6, 6.07) is 4.82. The van der Waals surface area contributed by atoms with Crippen molar-refractivity contribution in [3.63, 3.8) is 0 Å². The van der Waals surface area contributed by atoms with Gasteiger partial charge in [-0.05, 0) is 41.6 Å².